The first-order chi connectivity index (χ1) is 2.73. The summed E-state index contributed by atoms with van der Waals surface area (Å²) in [6, 6.07) is 0. The quantitative estimate of drug-likeness (QED) is 0.430. The molecule has 6 heavy (non-hydrogen) atoms. The van der Waals surface area contributed by atoms with Gasteiger partial charge in [0.15, 0.2) is 0 Å². The highest BCUT2D eigenvalue weighted by Crippen LogP contribution is 1.81. The molecule has 0 rings (SSSR count). The third-order valence-corrected chi connectivity index (χ3v) is 0. The van der Waals surface area contributed by atoms with Gasteiger partial charge in [-0.2, -0.15) is 0 Å². The zero-order chi connectivity index (χ0) is 5.58. The first-order valence-electron chi connectivity index (χ1n) is 2.73. The van der Waals surface area contributed by atoms with Gasteiger partial charge in [-0.3, -0.25) is 0 Å². The molecule has 0 atom stereocenters. The highest BCUT2D eigenvalue weighted by atomic mass is 13.7. The number of hydrogen-bond acceptors (Lipinski definition) is 0. The molecule has 0 radical (unpaired) electrons. The average Bonchev–Trinajstić information content (AvgIpc) is 1.41. The van der Waals surface area contributed by atoms with E-state index in [1.54, 1.807) is 0 Å². The van der Waals surface area contributed by atoms with Crippen LogP contribution in [-0.2, 0) is 0 Å². The smallest absolute Gasteiger partial charge is 0 e. The van der Waals surface area contributed by atoms with Crippen LogP contribution in [0.3, 0.4) is 0 Å². The molecule has 0 saturated carbocycles. The van der Waals surface area contributed by atoms with Gasteiger partial charge in [0.05, 0.1) is 0 Å². The van der Waals surface area contributed by atoms with Gasteiger partial charge in [-0.05, 0) is 5.92 Å². The Morgan fingerprint density at radius 3 is 1.00 bits per heavy atom. The van der Waals surface area contributed by atoms with Crippen LogP contribution in [0.5, 0.6) is 0 Å². The molecule has 0 aromatic rings. The maximum absolute atomic E-state index is 2.17. The van der Waals surface area contributed by atoms with E-state index in [9.17, 15) is 0 Å². The van der Waals surface area contributed by atoms with Gasteiger partial charge in [-0.15, -0.1) is 0 Å². The van der Waals surface area contributed by atoms with Crippen molar-refractivity contribution >= 4 is 0 Å². The Balaban J connectivity index is -0.0000000480. The predicted octanol–water partition coefficient (Wildman–Crippen LogP) is 2.93. The Bertz CT molecular complexity index is 8.90. The monoisotopic (exact) mass is 91.1 g/mol. The summed E-state index contributed by atoms with van der Waals surface area (Å²) in [5, 5.41) is 0. The van der Waals surface area contributed by atoms with Crippen molar-refractivity contribution in [3.8, 4) is 0 Å². The highest BCUT2D eigenvalue weighted by Gasteiger charge is 1.68. The molecule has 0 saturated heterocycles. The van der Waals surface area contributed by atoms with Crippen LogP contribution in [0.2, 0.25) is 0 Å². The zero-order valence-corrected chi connectivity index (χ0v) is 5.58. The van der Waals surface area contributed by atoms with Crippen LogP contribution in [0.15, 0.2) is 0 Å². The SMILES string of the molecule is CC.CC(C)C.[2HH]. The molecule has 0 aliphatic heterocycles. The molecule has 0 fully saturated rings. The summed E-state index contributed by atoms with van der Waals surface area (Å²) in [4.78, 5) is 0. The number of hydrogen-bond donors (Lipinski definition) is 0. The third kappa shape index (κ3) is 0. The first kappa shape index (κ1) is 9.38. The summed E-state index contributed by atoms with van der Waals surface area (Å²) < 4.78 is 0. The maximum Gasteiger partial charge on any atom is 0 e. The van der Waals surface area contributed by atoms with E-state index in [2.05, 4.69) is 20.8 Å². The van der Waals surface area contributed by atoms with Crippen LogP contribution in [0.4, 0.5) is 0 Å². The second kappa shape index (κ2) is 8.89. The van der Waals surface area contributed by atoms with Crippen LogP contribution < -0.4 is 0 Å². The molecule has 0 N–H and O–H groups in total. The average molecular weight is 91.2 g/mol. The molecule has 0 spiro atoms. The van der Waals surface area contributed by atoms with Crippen LogP contribution in [0, 0.1) is 5.92 Å². The van der Waals surface area contributed by atoms with E-state index in [1.165, 1.54) is 0 Å². The lowest BCUT2D eigenvalue weighted by Gasteiger charge is -1.79. The minimum atomic E-state index is 0. The Labute approximate surface area is 43.1 Å². The predicted molar refractivity (Wildman–Crippen MR) is 34.0 cm³/mol. The van der Waals surface area contributed by atoms with E-state index >= 15 is 0 Å². The van der Waals surface area contributed by atoms with Crippen LogP contribution in [0.25, 0.3) is 0 Å². The van der Waals surface area contributed by atoms with Crippen LogP contribution >= 0.6 is 0 Å². The summed E-state index contributed by atoms with van der Waals surface area (Å²) in [5.74, 6) is 0.833. The second-order valence-electron chi connectivity index (χ2n) is 1.73. The van der Waals surface area contributed by atoms with Crippen molar-refractivity contribution in [2.75, 3.05) is 0 Å². The minimum absolute atomic E-state index is 0. The minimum Gasteiger partial charge on any atom is -0.0683 e. The Hall–Kier alpha value is 0. The Morgan fingerprint density at radius 2 is 1.00 bits per heavy atom. The van der Waals surface area contributed by atoms with E-state index in [-0.39, 0.29) is 1.43 Å². The lowest BCUT2D eigenvalue weighted by molar-refractivity contribution is 0.737. The van der Waals surface area contributed by atoms with Gasteiger partial charge in [0.2, 0.25) is 0 Å². The molecule has 0 amide bonds. The summed E-state index contributed by atoms with van der Waals surface area (Å²) in [7, 11) is 0. The van der Waals surface area contributed by atoms with E-state index < -0.39 is 0 Å². The third-order valence-electron chi connectivity index (χ3n) is 0. The van der Waals surface area contributed by atoms with Crippen molar-refractivity contribution in [2.24, 2.45) is 5.92 Å². The topological polar surface area (TPSA) is 0 Å². The standard InChI is InChI=1S/C4H10.C2H6.H2/c1-4(2)3;1-2;/h4H,1-3H3;1-2H3;1H/i;;1+1. The summed E-state index contributed by atoms with van der Waals surface area (Å²) in [6.45, 7) is 10.5. The molecule has 42 valence electrons. The van der Waals surface area contributed by atoms with Gasteiger partial charge in [0, 0.05) is 1.43 Å². The van der Waals surface area contributed by atoms with Crippen LogP contribution in [0.1, 0.15) is 36.0 Å². The van der Waals surface area contributed by atoms with E-state index in [0.717, 1.165) is 5.92 Å². The highest BCUT2D eigenvalue weighted by molar-refractivity contribution is 4.20. The lowest BCUT2D eigenvalue weighted by Crippen LogP contribution is -1.66. The second-order valence-corrected chi connectivity index (χ2v) is 1.73. The summed E-state index contributed by atoms with van der Waals surface area (Å²) >= 11 is 0. The fourth-order valence-electron chi connectivity index (χ4n) is 0. The largest absolute Gasteiger partial charge is 0.0683 e. The van der Waals surface area contributed by atoms with Gasteiger partial charge < -0.3 is 0 Å². The number of rotatable bonds is 0. The van der Waals surface area contributed by atoms with Crippen molar-refractivity contribution in [3.63, 3.8) is 0 Å². The Kier molecular flexibility index (Phi) is 13.9. The molecule has 0 aromatic carbocycles. The molecular weight excluding hydrogens is 72.1 g/mol. The Morgan fingerprint density at radius 1 is 1.00 bits per heavy atom. The van der Waals surface area contributed by atoms with Crippen molar-refractivity contribution in [1.82, 2.24) is 0 Å². The molecule has 0 nitrogen and oxygen atoms in total. The van der Waals surface area contributed by atoms with Gasteiger partial charge in [-0.1, -0.05) is 34.6 Å². The van der Waals surface area contributed by atoms with Gasteiger partial charge >= 0.3 is 0 Å². The molecule has 0 heteroatoms. The van der Waals surface area contributed by atoms with Crippen molar-refractivity contribution in [1.29, 1.82) is 0 Å². The first-order valence-corrected chi connectivity index (χ1v) is 2.73. The molecule has 0 unspecified atom stereocenters. The van der Waals surface area contributed by atoms with Gasteiger partial charge in [0.1, 0.15) is 0 Å². The lowest BCUT2D eigenvalue weighted by atomic mass is 10.3. The summed E-state index contributed by atoms with van der Waals surface area (Å²) in [6.07, 6.45) is 0. The van der Waals surface area contributed by atoms with E-state index in [4.69, 9.17) is 0 Å². The van der Waals surface area contributed by atoms with E-state index in [1.807, 2.05) is 13.8 Å². The molecule has 0 bridgehead atoms. The maximum atomic E-state index is 2.17. The van der Waals surface area contributed by atoms with E-state index in [0.29, 0.717) is 0 Å². The molecule has 0 aliphatic carbocycles. The van der Waals surface area contributed by atoms with Crippen molar-refractivity contribution < 1.29 is 1.43 Å². The fraction of sp³-hybridized carbons (Fsp3) is 1.00. The van der Waals surface area contributed by atoms with Crippen LogP contribution in [-0.4, -0.2) is 0 Å². The van der Waals surface area contributed by atoms with Crippen molar-refractivity contribution in [3.05, 3.63) is 0 Å². The molecular formula is C6H18. The molecule has 0 aliphatic rings. The summed E-state index contributed by atoms with van der Waals surface area (Å²) in [5.41, 5.74) is 0. The molecule has 0 heterocycles. The molecule has 0 aromatic heterocycles. The van der Waals surface area contributed by atoms with Gasteiger partial charge in [-0.25, -0.2) is 0 Å². The fourth-order valence-corrected chi connectivity index (χ4v) is 0. The zero-order valence-electron chi connectivity index (χ0n) is 5.58. The normalized spacial score (nSPS) is 7.00. The van der Waals surface area contributed by atoms with Gasteiger partial charge in [0.25, 0.3) is 0 Å². The van der Waals surface area contributed by atoms with Crippen molar-refractivity contribution in [2.45, 2.75) is 34.6 Å².